The maximum Gasteiger partial charge on any atom is 0.223 e. The molecular weight excluding hydrogens is 266 g/mol. The van der Waals surface area contributed by atoms with Gasteiger partial charge in [0.1, 0.15) is 5.54 Å². The number of rotatable bonds is 7. The lowest BCUT2D eigenvalue weighted by atomic mass is 9.87. The Kier molecular flexibility index (Phi) is 7.54. The first-order valence-electron chi connectivity index (χ1n) is 8.39. The standard InChI is InChI=1S/C16H31N3O2/c1-3-5-10-13(4-2)14(20)18-16(15(17)19-21)11-8-6-7-9-12-16/h13,21H,3-12H2,1-2H3,(H2,17,19)(H,18,20). The summed E-state index contributed by atoms with van der Waals surface area (Å²) in [5, 5.41) is 15.4. The number of nitrogens with one attached hydrogen (secondary N) is 1. The molecule has 1 atom stereocenters. The van der Waals surface area contributed by atoms with Gasteiger partial charge in [0.25, 0.3) is 0 Å². The van der Waals surface area contributed by atoms with Crippen LogP contribution < -0.4 is 11.1 Å². The van der Waals surface area contributed by atoms with Crippen molar-refractivity contribution in [3.8, 4) is 0 Å². The molecular formula is C16H31N3O2. The van der Waals surface area contributed by atoms with Gasteiger partial charge in [0.15, 0.2) is 5.84 Å². The van der Waals surface area contributed by atoms with Crippen molar-refractivity contribution in [3.05, 3.63) is 0 Å². The van der Waals surface area contributed by atoms with E-state index in [1.54, 1.807) is 0 Å². The van der Waals surface area contributed by atoms with E-state index >= 15 is 0 Å². The molecule has 1 fully saturated rings. The lowest BCUT2D eigenvalue weighted by molar-refractivity contribution is -0.126. The van der Waals surface area contributed by atoms with Crippen LogP contribution in [-0.2, 0) is 4.79 Å². The zero-order valence-electron chi connectivity index (χ0n) is 13.5. The van der Waals surface area contributed by atoms with Crippen LogP contribution in [-0.4, -0.2) is 22.5 Å². The van der Waals surface area contributed by atoms with E-state index in [0.717, 1.165) is 64.2 Å². The summed E-state index contributed by atoms with van der Waals surface area (Å²) in [5.41, 5.74) is 5.28. The Morgan fingerprint density at radius 3 is 2.38 bits per heavy atom. The molecule has 1 amide bonds. The summed E-state index contributed by atoms with van der Waals surface area (Å²) in [7, 11) is 0. The van der Waals surface area contributed by atoms with E-state index in [1.165, 1.54) is 0 Å². The Bertz CT molecular complexity index is 347. The molecule has 0 bridgehead atoms. The van der Waals surface area contributed by atoms with Crippen LogP contribution in [0.15, 0.2) is 5.16 Å². The Morgan fingerprint density at radius 1 is 1.29 bits per heavy atom. The third-order valence-corrected chi connectivity index (χ3v) is 4.69. The fourth-order valence-electron chi connectivity index (χ4n) is 3.18. The van der Waals surface area contributed by atoms with Gasteiger partial charge in [-0.3, -0.25) is 4.79 Å². The van der Waals surface area contributed by atoms with Gasteiger partial charge < -0.3 is 16.3 Å². The minimum Gasteiger partial charge on any atom is -0.409 e. The first-order valence-corrected chi connectivity index (χ1v) is 8.39. The fraction of sp³-hybridized carbons (Fsp3) is 0.875. The molecule has 0 aromatic heterocycles. The number of carbonyl (C=O) groups is 1. The van der Waals surface area contributed by atoms with Crippen LogP contribution in [0.4, 0.5) is 0 Å². The summed E-state index contributed by atoms with van der Waals surface area (Å²) in [6.07, 6.45) is 9.70. The number of nitrogens with zero attached hydrogens (tertiary/aromatic N) is 1. The Labute approximate surface area is 128 Å². The lowest BCUT2D eigenvalue weighted by Gasteiger charge is -2.34. The average Bonchev–Trinajstić information content (AvgIpc) is 2.73. The van der Waals surface area contributed by atoms with E-state index in [9.17, 15) is 4.79 Å². The molecule has 1 aliphatic rings. The van der Waals surface area contributed by atoms with Gasteiger partial charge in [0.2, 0.25) is 5.91 Å². The van der Waals surface area contributed by atoms with Crippen molar-refractivity contribution in [2.45, 2.75) is 83.6 Å². The number of hydrogen-bond donors (Lipinski definition) is 3. The minimum absolute atomic E-state index is 0.0246. The first kappa shape index (κ1) is 17.8. The van der Waals surface area contributed by atoms with Crippen molar-refractivity contribution in [3.63, 3.8) is 0 Å². The van der Waals surface area contributed by atoms with E-state index < -0.39 is 5.54 Å². The number of hydrogen-bond acceptors (Lipinski definition) is 3. The Morgan fingerprint density at radius 2 is 1.90 bits per heavy atom. The molecule has 5 nitrogen and oxygen atoms in total. The van der Waals surface area contributed by atoms with E-state index in [2.05, 4.69) is 17.4 Å². The predicted octanol–water partition coefficient (Wildman–Crippen LogP) is 3.16. The summed E-state index contributed by atoms with van der Waals surface area (Å²) >= 11 is 0. The molecule has 1 unspecified atom stereocenters. The molecule has 1 aliphatic carbocycles. The Balaban J connectivity index is 2.82. The van der Waals surface area contributed by atoms with Gasteiger partial charge in [-0.25, -0.2) is 0 Å². The van der Waals surface area contributed by atoms with Gasteiger partial charge in [-0.2, -0.15) is 0 Å². The summed E-state index contributed by atoms with van der Waals surface area (Å²) in [5.74, 6) is 0.235. The molecule has 0 aromatic rings. The molecule has 0 aliphatic heterocycles. The van der Waals surface area contributed by atoms with Crippen LogP contribution >= 0.6 is 0 Å². The van der Waals surface area contributed by atoms with Gasteiger partial charge in [0.05, 0.1) is 0 Å². The second-order valence-corrected chi connectivity index (χ2v) is 6.22. The van der Waals surface area contributed by atoms with Gasteiger partial charge in [0, 0.05) is 5.92 Å². The number of unbranched alkanes of at least 4 members (excludes halogenated alkanes) is 1. The third kappa shape index (κ3) is 4.90. The first-order chi connectivity index (χ1) is 10.1. The highest BCUT2D eigenvalue weighted by Crippen LogP contribution is 2.28. The molecule has 1 saturated carbocycles. The van der Waals surface area contributed by atoms with E-state index in [4.69, 9.17) is 10.9 Å². The van der Waals surface area contributed by atoms with Crippen molar-refractivity contribution in [1.29, 1.82) is 0 Å². The van der Waals surface area contributed by atoms with Gasteiger partial charge in [-0.15, -0.1) is 0 Å². The van der Waals surface area contributed by atoms with E-state index in [0.29, 0.717) is 0 Å². The highest BCUT2D eigenvalue weighted by Gasteiger charge is 2.38. The maximum atomic E-state index is 12.6. The van der Waals surface area contributed by atoms with Crippen molar-refractivity contribution >= 4 is 11.7 Å². The highest BCUT2D eigenvalue weighted by atomic mass is 16.4. The van der Waals surface area contributed by atoms with Crippen LogP contribution in [0.25, 0.3) is 0 Å². The van der Waals surface area contributed by atoms with Gasteiger partial charge in [-0.05, 0) is 25.7 Å². The summed E-state index contributed by atoms with van der Waals surface area (Å²) < 4.78 is 0. The highest BCUT2D eigenvalue weighted by molar-refractivity contribution is 5.94. The second kappa shape index (κ2) is 8.90. The Hall–Kier alpha value is -1.26. The summed E-state index contributed by atoms with van der Waals surface area (Å²) in [6, 6.07) is 0. The van der Waals surface area contributed by atoms with Crippen molar-refractivity contribution in [2.75, 3.05) is 0 Å². The normalized spacial score (nSPS) is 20.6. The molecule has 21 heavy (non-hydrogen) atoms. The summed E-state index contributed by atoms with van der Waals surface area (Å²) in [6.45, 7) is 4.18. The van der Waals surface area contributed by atoms with Crippen LogP contribution in [0.1, 0.15) is 78.1 Å². The molecule has 4 N–H and O–H groups in total. The SMILES string of the molecule is CCCCC(CC)C(=O)NC1(/C(N)=N/O)CCCCCC1. The third-order valence-electron chi connectivity index (χ3n) is 4.69. The van der Waals surface area contributed by atoms with Gasteiger partial charge in [-0.1, -0.05) is 57.5 Å². The van der Waals surface area contributed by atoms with E-state index in [-0.39, 0.29) is 17.7 Å². The van der Waals surface area contributed by atoms with Crippen molar-refractivity contribution in [1.82, 2.24) is 5.32 Å². The molecule has 5 heteroatoms. The van der Waals surface area contributed by atoms with Crippen LogP contribution in [0.3, 0.4) is 0 Å². The molecule has 0 heterocycles. The van der Waals surface area contributed by atoms with Crippen molar-refractivity contribution < 1.29 is 10.0 Å². The topological polar surface area (TPSA) is 87.7 Å². The minimum atomic E-state index is -0.651. The number of carbonyl (C=O) groups excluding carboxylic acids is 1. The summed E-state index contributed by atoms with van der Waals surface area (Å²) in [4.78, 5) is 12.6. The quantitative estimate of drug-likeness (QED) is 0.222. The largest absolute Gasteiger partial charge is 0.409 e. The monoisotopic (exact) mass is 297 g/mol. The zero-order chi connectivity index (χ0) is 15.7. The predicted molar refractivity (Wildman–Crippen MR) is 85.3 cm³/mol. The number of amidine groups is 1. The number of amides is 1. The molecule has 122 valence electrons. The fourth-order valence-corrected chi connectivity index (χ4v) is 3.18. The van der Waals surface area contributed by atoms with Gasteiger partial charge >= 0.3 is 0 Å². The van der Waals surface area contributed by atoms with Crippen LogP contribution in [0.2, 0.25) is 0 Å². The van der Waals surface area contributed by atoms with Crippen LogP contribution in [0.5, 0.6) is 0 Å². The molecule has 0 radical (unpaired) electrons. The molecule has 0 spiro atoms. The number of oxime groups is 1. The maximum absolute atomic E-state index is 12.6. The van der Waals surface area contributed by atoms with Crippen molar-refractivity contribution in [2.24, 2.45) is 16.8 Å². The zero-order valence-corrected chi connectivity index (χ0v) is 13.5. The molecule has 0 aromatic carbocycles. The lowest BCUT2D eigenvalue weighted by Crippen LogP contribution is -2.58. The smallest absolute Gasteiger partial charge is 0.223 e. The second-order valence-electron chi connectivity index (χ2n) is 6.22. The molecule has 0 saturated heterocycles. The average molecular weight is 297 g/mol. The molecule has 1 rings (SSSR count). The number of nitrogens with two attached hydrogens (primary N) is 1. The van der Waals surface area contributed by atoms with E-state index in [1.807, 2.05) is 6.92 Å². The van der Waals surface area contributed by atoms with Crippen LogP contribution in [0, 0.1) is 5.92 Å².